The summed E-state index contributed by atoms with van der Waals surface area (Å²) >= 11 is 0. The minimum absolute atomic E-state index is 0.0425. The Hall–Kier alpha value is -4.20. The Balaban J connectivity index is 1.83. The zero-order chi connectivity index (χ0) is 20.7. The lowest BCUT2D eigenvalue weighted by Gasteiger charge is -2.06. The van der Waals surface area contributed by atoms with Crippen LogP contribution in [0.5, 0.6) is 11.8 Å². The van der Waals surface area contributed by atoms with Crippen LogP contribution in [-0.4, -0.2) is 24.5 Å². The van der Waals surface area contributed by atoms with Crippen LogP contribution in [0.2, 0.25) is 0 Å². The van der Waals surface area contributed by atoms with Crippen molar-refractivity contribution < 1.29 is 17.9 Å². The number of hydrogen-bond donors (Lipinski definition) is 1. The largest absolute Gasteiger partial charge is 0.425 e. The highest BCUT2D eigenvalue weighted by atomic mass is 19.2. The quantitative estimate of drug-likeness (QED) is 0.532. The number of hydrogen-bond acceptors (Lipinski definition) is 6. The van der Waals surface area contributed by atoms with Crippen LogP contribution in [0.1, 0.15) is 5.69 Å². The monoisotopic (exact) mass is 398 g/mol. The molecule has 0 aliphatic rings. The number of ether oxygens (including phenoxy) is 1. The second-order valence-electron chi connectivity index (χ2n) is 5.85. The molecule has 3 heterocycles. The fourth-order valence-corrected chi connectivity index (χ4v) is 2.72. The number of nitrogens with zero attached hydrogens (tertiary/aromatic N) is 5. The number of nitrogens with one attached hydrogen (secondary N) is 1. The van der Waals surface area contributed by atoms with Gasteiger partial charge in [-0.2, -0.15) is 10.2 Å². The van der Waals surface area contributed by atoms with Crippen molar-refractivity contribution in [1.29, 1.82) is 5.26 Å². The molecule has 0 aliphatic heterocycles. The minimum atomic E-state index is -1.64. The number of imidazole rings is 1. The van der Waals surface area contributed by atoms with Gasteiger partial charge in [0.1, 0.15) is 17.6 Å². The SMILES string of the molecule is Cn1c(-c2cccnc2C#N)nc2c(=O)[nH]c(Oc3cc(F)c(F)c(F)c3)nc21. The van der Waals surface area contributed by atoms with Crippen LogP contribution in [0.15, 0.2) is 35.3 Å². The molecule has 0 saturated carbocycles. The molecule has 11 heteroatoms. The number of rotatable bonds is 3. The molecule has 4 rings (SSSR count). The molecule has 0 spiro atoms. The summed E-state index contributed by atoms with van der Waals surface area (Å²) in [5, 5.41) is 9.23. The summed E-state index contributed by atoms with van der Waals surface area (Å²) in [7, 11) is 1.56. The van der Waals surface area contributed by atoms with Crippen molar-refractivity contribution in [2.24, 2.45) is 7.05 Å². The number of H-pyrrole nitrogens is 1. The van der Waals surface area contributed by atoms with Crippen molar-refractivity contribution in [3.8, 4) is 29.2 Å². The van der Waals surface area contributed by atoms with Gasteiger partial charge in [0, 0.05) is 25.4 Å². The Morgan fingerprint density at radius 2 is 1.93 bits per heavy atom. The third kappa shape index (κ3) is 3.06. The number of aromatic amines is 1. The summed E-state index contributed by atoms with van der Waals surface area (Å²) in [5.41, 5.74) is -0.137. The van der Waals surface area contributed by atoms with E-state index >= 15 is 0 Å². The molecule has 0 radical (unpaired) electrons. The summed E-state index contributed by atoms with van der Waals surface area (Å²) < 4.78 is 46.4. The number of aromatic nitrogens is 5. The van der Waals surface area contributed by atoms with Crippen LogP contribution in [-0.2, 0) is 7.05 Å². The standard InChI is InChI=1S/C18H9F3N6O2/c1-27-15(9-3-2-4-23-12(9)7-22)24-14-16(27)25-18(26-17(14)28)29-8-5-10(19)13(21)11(20)6-8/h2-6H,1H3,(H,25,26,28). The maximum absolute atomic E-state index is 13.4. The summed E-state index contributed by atoms with van der Waals surface area (Å²) in [6, 6.07) is 6.02. The van der Waals surface area contributed by atoms with Gasteiger partial charge >= 0.3 is 6.01 Å². The summed E-state index contributed by atoms with van der Waals surface area (Å²) in [6.07, 6.45) is 1.45. The van der Waals surface area contributed by atoms with Gasteiger partial charge in [-0.3, -0.25) is 9.78 Å². The summed E-state index contributed by atoms with van der Waals surface area (Å²) in [4.78, 5) is 26.9. The van der Waals surface area contributed by atoms with E-state index in [9.17, 15) is 23.2 Å². The van der Waals surface area contributed by atoms with E-state index in [2.05, 4.69) is 19.9 Å². The van der Waals surface area contributed by atoms with Gasteiger partial charge in [0.2, 0.25) is 0 Å². The predicted molar refractivity (Wildman–Crippen MR) is 93.5 cm³/mol. The van der Waals surface area contributed by atoms with Crippen LogP contribution in [0.25, 0.3) is 22.6 Å². The fraction of sp³-hybridized carbons (Fsp3) is 0.0556. The topological polar surface area (TPSA) is 109 Å². The zero-order valence-corrected chi connectivity index (χ0v) is 14.6. The molecule has 3 aromatic heterocycles. The molecule has 0 bridgehead atoms. The Morgan fingerprint density at radius 1 is 1.21 bits per heavy atom. The Morgan fingerprint density at radius 3 is 2.62 bits per heavy atom. The number of halogens is 3. The van der Waals surface area contributed by atoms with Crippen molar-refractivity contribution in [2.75, 3.05) is 0 Å². The van der Waals surface area contributed by atoms with E-state index in [0.717, 1.165) is 0 Å². The number of fused-ring (bicyclic) bond motifs is 1. The molecule has 0 aliphatic carbocycles. The summed E-state index contributed by atoms with van der Waals surface area (Å²) in [6.45, 7) is 0. The number of benzene rings is 1. The van der Waals surface area contributed by atoms with Crippen molar-refractivity contribution in [3.05, 3.63) is 64.0 Å². The van der Waals surface area contributed by atoms with Gasteiger partial charge < -0.3 is 9.30 Å². The minimum Gasteiger partial charge on any atom is -0.425 e. The molecule has 4 aromatic rings. The van der Waals surface area contributed by atoms with Crippen LogP contribution in [0, 0.1) is 28.8 Å². The normalized spacial score (nSPS) is 10.9. The van der Waals surface area contributed by atoms with Gasteiger partial charge in [-0.15, -0.1) is 0 Å². The van der Waals surface area contributed by atoms with E-state index in [1.807, 2.05) is 6.07 Å². The fourth-order valence-electron chi connectivity index (χ4n) is 2.72. The van der Waals surface area contributed by atoms with Crippen LogP contribution in [0.3, 0.4) is 0 Å². The Kier molecular flexibility index (Phi) is 4.23. The van der Waals surface area contributed by atoms with Crippen LogP contribution >= 0.6 is 0 Å². The molecule has 8 nitrogen and oxygen atoms in total. The third-order valence-electron chi connectivity index (χ3n) is 4.03. The average Bonchev–Trinajstić information content (AvgIpc) is 3.03. The summed E-state index contributed by atoms with van der Waals surface area (Å²) in [5.74, 6) is -4.68. The lowest BCUT2D eigenvalue weighted by atomic mass is 10.2. The number of pyridine rings is 1. The van der Waals surface area contributed by atoms with Crippen molar-refractivity contribution in [2.45, 2.75) is 0 Å². The van der Waals surface area contributed by atoms with Crippen molar-refractivity contribution in [3.63, 3.8) is 0 Å². The van der Waals surface area contributed by atoms with E-state index in [-0.39, 0.29) is 28.7 Å². The molecule has 0 unspecified atom stereocenters. The molecule has 29 heavy (non-hydrogen) atoms. The lowest BCUT2D eigenvalue weighted by molar-refractivity contribution is 0.409. The van der Waals surface area contributed by atoms with Crippen LogP contribution in [0.4, 0.5) is 13.2 Å². The van der Waals surface area contributed by atoms with E-state index in [0.29, 0.717) is 17.7 Å². The molecular weight excluding hydrogens is 389 g/mol. The van der Waals surface area contributed by atoms with Gasteiger partial charge in [0.15, 0.2) is 34.3 Å². The molecule has 1 aromatic carbocycles. The van der Waals surface area contributed by atoms with E-state index < -0.39 is 28.8 Å². The zero-order valence-electron chi connectivity index (χ0n) is 14.6. The molecule has 1 N–H and O–H groups in total. The highest BCUT2D eigenvalue weighted by molar-refractivity contribution is 5.77. The lowest BCUT2D eigenvalue weighted by Crippen LogP contribution is -2.10. The Bertz CT molecular complexity index is 1350. The van der Waals surface area contributed by atoms with Gasteiger partial charge in [-0.1, -0.05) is 0 Å². The maximum Gasteiger partial charge on any atom is 0.304 e. The van der Waals surface area contributed by atoms with E-state index in [1.165, 1.54) is 10.8 Å². The molecule has 0 fully saturated rings. The molecule has 0 atom stereocenters. The predicted octanol–water partition coefficient (Wildman–Crippen LogP) is 2.80. The number of nitriles is 1. The van der Waals surface area contributed by atoms with Gasteiger partial charge in [-0.05, 0) is 12.1 Å². The molecule has 0 saturated heterocycles. The van der Waals surface area contributed by atoms with E-state index in [1.54, 1.807) is 19.2 Å². The molecule has 144 valence electrons. The van der Waals surface area contributed by atoms with Gasteiger partial charge in [0.25, 0.3) is 5.56 Å². The third-order valence-corrected chi connectivity index (χ3v) is 4.03. The first kappa shape index (κ1) is 18.2. The van der Waals surface area contributed by atoms with Gasteiger partial charge in [-0.25, -0.2) is 23.1 Å². The Labute approximate surface area is 159 Å². The first-order valence-electron chi connectivity index (χ1n) is 8.03. The second kappa shape index (κ2) is 6.75. The van der Waals surface area contributed by atoms with Crippen LogP contribution < -0.4 is 10.3 Å². The molecular formula is C18H9F3N6O2. The highest BCUT2D eigenvalue weighted by Gasteiger charge is 2.19. The van der Waals surface area contributed by atoms with Crippen molar-refractivity contribution in [1.82, 2.24) is 24.5 Å². The molecule has 0 amide bonds. The first-order valence-corrected chi connectivity index (χ1v) is 8.03. The second-order valence-corrected chi connectivity index (χ2v) is 5.85. The van der Waals surface area contributed by atoms with Gasteiger partial charge in [0.05, 0.1) is 5.56 Å². The van der Waals surface area contributed by atoms with Crippen molar-refractivity contribution >= 4 is 11.2 Å². The van der Waals surface area contributed by atoms with E-state index in [4.69, 9.17) is 4.74 Å². The highest BCUT2D eigenvalue weighted by Crippen LogP contribution is 2.26. The maximum atomic E-state index is 13.4. The average molecular weight is 398 g/mol. The first-order chi connectivity index (χ1) is 13.9. The smallest absolute Gasteiger partial charge is 0.304 e. The number of aryl methyl sites for hydroxylation is 1.